The van der Waals surface area contributed by atoms with Crippen molar-refractivity contribution in [3.8, 4) is 0 Å². The minimum absolute atomic E-state index is 0.194. The Labute approximate surface area is 73.2 Å². The Hall–Kier alpha value is 0.150. The number of Topliss-reactive ketones (excluding diaryl/α,β-unsaturated/α-hetero) is 1. The molecule has 44 valence electrons. The molecule has 0 spiro atoms. The minimum atomic E-state index is 0.194. The van der Waals surface area contributed by atoms with Gasteiger partial charge in [-0.2, -0.15) is 0 Å². The van der Waals surface area contributed by atoms with Crippen LogP contribution in [0.1, 0.15) is 13.8 Å². The van der Waals surface area contributed by atoms with E-state index in [0.717, 1.165) is 30.8 Å². The summed E-state index contributed by atoms with van der Waals surface area (Å²) in [4.78, 5) is 10.6. The van der Waals surface area contributed by atoms with Crippen LogP contribution in [0.15, 0.2) is 21.1 Å². The molecule has 0 radical (unpaired) electrons. The fraction of sp³-hybridized carbons (Fsp3) is 0.286. The molecule has 0 fully saturated rings. The monoisotopic (exact) mass is 132 g/mol. The molecular formula is C7H9NaO. The molecule has 0 atom stereocenters. The third-order valence-corrected chi connectivity index (χ3v) is 2.13. The zero-order chi connectivity index (χ0) is 7.28. The van der Waals surface area contributed by atoms with Gasteiger partial charge < -0.3 is 0 Å². The predicted octanol–water partition coefficient (Wildman–Crippen LogP) is 1.20. The first kappa shape index (κ1) is 9.15. The summed E-state index contributed by atoms with van der Waals surface area (Å²) in [6, 6.07) is 0. The predicted molar refractivity (Wildman–Crippen MR) is 39.3 cm³/mol. The third kappa shape index (κ3) is 4.64. The van der Waals surface area contributed by atoms with Crippen LogP contribution in [0.25, 0.3) is 0 Å². The van der Waals surface area contributed by atoms with Crippen molar-refractivity contribution in [2.24, 2.45) is 0 Å². The average molecular weight is 132 g/mol. The van der Waals surface area contributed by atoms with Crippen molar-refractivity contribution in [1.29, 1.82) is 0 Å². The van der Waals surface area contributed by atoms with Crippen molar-refractivity contribution in [1.82, 2.24) is 0 Å². The molecule has 0 aliphatic heterocycles. The molecule has 0 heterocycles. The second kappa shape index (κ2) is 4.98. The molecule has 0 saturated heterocycles. The van der Waals surface area contributed by atoms with Gasteiger partial charge in [-0.1, -0.05) is 0 Å². The molecule has 9 heavy (non-hydrogen) atoms. The Balaban J connectivity index is 4.00. The van der Waals surface area contributed by atoms with Crippen LogP contribution in [0, 0.1) is 0 Å². The number of carbonyl (C=O) groups is 1. The van der Waals surface area contributed by atoms with E-state index >= 15 is 0 Å². The van der Waals surface area contributed by atoms with E-state index in [-0.39, 0.29) is 5.78 Å². The van der Waals surface area contributed by atoms with Crippen molar-refractivity contribution in [2.45, 2.75) is 13.8 Å². The standard InChI is InChI=1S/C7H9O.Na/c1-3-4-5-6-7(2)8;/h3-5H,1-2H3;. The number of carbonyl (C=O) groups excluding carboxylic acids is 1. The zero-order valence-electron chi connectivity index (χ0n) is 6.14. The van der Waals surface area contributed by atoms with Crippen LogP contribution in [0.2, 0.25) is 0 Å². The van der Waals surface area contributed by atoms with Crippen LogP contribution in [0.3, 0.4) is 0 Å². The Kier molecular flexibility index (Phi) is 5.06. The van der Waals surface area contributed by atoms with Gasteiger partial charge in [0.25, 0.3) is 0 Å². The molecule has 1 nitrogen and oxygen atoms in total. The van der Waals surface area contributed by atoms with Gasteiger partial charge in [-0.05, 0) is 0 Å². The van der Waals surface area contributed by atoms with Gasteiger partial charge >= 0.3 is 73.4 Å². The number of rotatable bonds is 2. The Morgan fingerprint density at radius 1 is 1.56 bits per heavy atom. The zero-order valence-corrected chi connectivity index (χ0v) is 8.14. The number of hydrogen-bond donors (Lipinski definition) is 0. The molecule has 0 aromatic heterocycles. The first-order chi connectivity index (χ1) is 4.18. The van der Waals surface area contributed by atoms with Gasteiger partial charge in [-0.15, -0.1) is 0 Å². The van der Waals surface area contributed by atoms with E-state index in [4.69, 9.17) is 0 Å². The Morgan fingerprint density at radius 3 is 2.44 bits per heavy atom. The van der Waals surface area contributed by atoms with Crippen molar-refractivity contribution in [2.75, 3.05) is 0 Å². The summed E-state index contributed by atoms with van der Waals surface area (Å²) in [6.45, 7) is 3.54. The van der Waals surface area contributed by atoms with Gasteiger partial charge in [0, 0.05) is 0 Å². The first-order valence-electron chi connectivity index (χ1n) is 2.99. The van der Waals surface area contributed by atoms with Crippen LogP contribution in [0.5, 0.6) is 0 Å². The van der Waals surface area contributed by atoms with Crippen molar-refractivity contribution in [3.05, 3.63) is 21.1 Å². The van der Waals surface area contributed by atoms with E-state index in [1.165, 1.54) is 0 Å². The van der Waals surface area contributed by atoms with Crippen molar-refractivity contribution in [3.63, 3.8) is 0 Å². The summed E-state index contributed by atoms with van der Waals surface area (Å²) in [7, 11) is 0. The molecule has 0 aromatic carbocycles. The van der Waals surface area contributed by atoms with Gasteiger partial charge in [-0.25, -0.2) is 0 Å². The van der Waals surface area contributed by atoms with Crippen molar-refractivity contribution < 1.29 is 4.79 Å². The Morgan fingerprint density at radius 2 is 2.11 bits per heavy atom. The molecule has 0 aliphatic rings. The summed E-state index contributed by atoms with van der Waals surface area (Å²) >= 11 is 0.848. The van der Waals surface area contributed by atoms with E-state index < -0.39 is 0 Å². The van der Waals surface area contributed by atoms with Gasteiger partial charge in [0.2, 0.25) is 0 Å². The second-order valence-electron chi connectivity index (χ2n) is 1.93. The Bertz CT molecular complexity index is 156. The molecule has 0 aliphatic carbocycles. The molecule has 0 bridgehead atoms. The van der Waals surface area contributed by atoms with Crippen LogP contribution in [-0.2, 0) is 4.79 Å². The van der Waals surface area contributed by atoms with Gasteiger partial charge in [0.05, 0.1) is 0 Å². The summed E-state index contributed by atoms with van der Waals surface area (Å²) in [5.74, 6) is 0.194. The maximum absolute atomic E-state index is 10.6. The van der Waals surface area contributed by atoms with Crippen LogP contribution in [-0.4, -0.2) is 33.7 Å². The molecule has 0 aromatic rings. The average Bonchev–Trinajstić information content (AvgIpc) is 1.82. The fourth-order valence-electron chi connectivity index (χ4n) is 0.358. The van der Waals surface area contributed by atoms with E-state index in [9.17, 15) is 4.79 Å². The van der Waals surface area contributed by atoms with Crippen molar-refractivity contribution >= 4 is 33.7 Å². The van der Waals surface area contributed by atoms with Gasteiger partial charge in [0.15, 0.2) is 0 Å². The molecule has 0 saturated carbocycles. The van der Waals surface area contributed by atoms with Crippen LogP contribution >= 0.6 is 0 Å². The summed E-state index contributed by atoms with van der Waals surface area (Å²) < 4.78 is 0.938. The third-order valence-electron chi connectivity index (χ3n) is 1.09. The van der Waals surface area contributed by atoms with E-state index in [1.807, 2.05) is 25.2 Å². The second-order valence-corrected chi connectivity index (χ2v) is 3.01. The van der Waals surface area contributed by atoms with E-state index in [2.05, 4.69) is 0 Å². The maximum atomic E-state index is 10.6. The topological polar surface area (TPSA) is 17.1 Å². The molecule has 0 unspecified atom stereocenters. The number of ketones is 1. The quantitative estimate of drug-likeness (QED) is 0.313. The first-order valence-corrected chi connectivity index (χ1v) is 3.99. The normalized spacial score (nSPS) is 12.7. The molecule has 2 heteroatoms. The summed E-state index contributed by atoms with van der Waals surface area (Å²) in [6.07, 6.45) is 5.68. The van der Waals surface area contributed by atoms with Crippen LogP contribution < -0.4 is 0 Å². The van der Waals surface area contributed by atoms with E-state index in [1.54, 1.807) is 6.92 Å². The van der Waals surface area contributed by atoms with Gasteiger partial charge in [-0.3, -0.25) is 0 Å². The van der Waals surface area contributed by atoms with Gasteiger partial charge in [0.1, 0.15) is 0 Å². The SMILES string of the molecule is CC=CC=[C]([Na])C(C)=O. The molecule has 0 N–H and O–H groups in total. The summed E-state index contributed by atoms with van der Waals surface area (Å²) in [5, 5.41) is 0. The molecule has 0 rings (SSSR count). The number of hydrogen-bond acceptors (Lipinski definition) is 1. The van der Waals surface area contributed by atoms with E-state index in [0.29, 0.717) is 0 Å². The molecule has 0 amide bonds. The molecular weight excluding hydrogens is 123 g/mol. The number of allylic oxidation sites excluding steroid dienone is 4. The fourth-order valence-corrected chi connectivity index (χ4v) is 0.550. The summed E-state index contributed by atoms with van der Waals surface area (Å²) in [5.41, 5.74) is 0. The van der Waals surface area contributed by atoms with Crippen LogP contribution in [0.4, 0.5) is 0 Å².